The summed E-state index contributed by atoms with van der Waals surface area (Å²) in [6.45, 7) is 3.74. The largest absolute Gasteiger partial charge is 0.309 e. The molecular weight excluding hydrogens is 332 g/mol. The molecule has 2 heterocycles. The van der Waals surface area contributed by atoms with Gasteiger partial charge in [-0.05, 0) is 41.9 Å². The van der Waals surface area contributed by atoms with E-state index in [1.807, 2.05) is 13.0 Å². The zero-order valence-corrected chi connectivity index (χ0v) is 12.8. The van der Waals surface area contributed by atoms with Gasteiger partial charge < -0.3 is 5.32 Å². The number of hydrogen-bond donors (Lipinski definition) is 1. The van der Waals surface area contributed by atoms with E-state index in [0.717, 1.165) is 10.2 Å². The predicted molar refractivity (Wildman–Crippen MR) is 77.3 cm³/mol. The van der Waals surface area contributed by atoms with E-state index in [4.69, 9.17) is 11.6 Å². The molecule has 0 aromatic carbocycles. The lowest BCUT2D eigenvalue weighted by Crippen LogP contribution is -2.20. The Morgan fingerprint density at radius 2 is 2.21 bits per heavy atom. The third kappa shape index (κ3) is 3.33. The monoisotopic (exact) mass is 342 g/mol. The summed E-state index contributed by atoms with van der Waals surface area (Å²) in [5.74, 6) is 0.304. The summed E-state index contributed by atoms with van der Waals surface area (Å²) in [7, 11) is 0. The molecule has 0 aliphatic rings. The van der Waals surface area contributed by atoms with Gasteiger partial charge in [0.05, 0.1) is 16.4 Å². The van der Waals surface area contributed by atoms with Crippen molar-refractivity contribution in [3.63, 3.8) is 0 Å². The minimum Gasteiger partial charge on any atom is -0.309 e. The number of nitrogens with zero attached hydrogens (tertiary/aromatic N) is 3. The molecule has 0 bridgehead atoms. The van der Waals surface area contributed by atoms with Gasteiger partial charge in [-0.15, -0.1) is 0 Å². The zero-order valence-electron chi connectivity index (χ0n) is 10.4. The lowest BCUT2D eigenvalue weighted by atomic mass is 10.4. The van der Waals surface area contributed by atoms with Gasteiger partial charge in [-0.2, -0.15) is 5.10 Å². The van der Waals surface area contributed by atoms with Crippen LogP contribution in [0.3, 0.4) is 0 Å². The van der Waals surface area contributed by atoms with E-state index in [0.29, 0.717) is 16.5 Å². The van der Waals surface area contributed by atoms with Crippen molar-refractivity contribution in [1.29, 1.82) is 0 Å². The first kappa shape index (κ1) is 14.0. The molecule has 0 saturated carbocycles. The summed E-state index contributed by atoms with van der Waals surface area (Å²) in [5, 5.41) is 7.49. The van der Waals surface area contributed by atoms with Crippen LogP contribution in [0, 0.1) is 13.8 Å². The third-order valence-electron chi connectivity index (χ3n) is 2.58. The van der Waals surface area contributed by atoms with E-state index in [1.165, 1.54) is 0 Å². The number of amides is 1. The summed E-state index contributed by atoms with van der Waals surface area (Å²) >= 11 is 9.31. The second-order valence-corrected chi connectivity index (χ2v) is 5.35. The number of rotatable bonds is 3. The number of halogens is 2. The van der Waals surface area contributed by atoms with Gasteiger partial charge in [-0.1, -0.05) is 11.6 Å². The molecule has 0 saturated heterocycles. The average molecular weight is 344 g/mol. The number of aromatic nitrogens is 3. The Bertz CT molecular complexity index is 609. The highest BCUT2D eigenvalue weighted by Crippen LogP contribution is 2.18. The standard InChI is InChI=1S/C12H12BrClN4O/c1-7-12(14)8(2)18(17-7)6-11(19)16-10-4-3-9(13)5-15-10/h3-5H,6H2,1-2H3,(H,15,16,19). The van der Waals surface area contributed by atoms with Crippen LogP contribution in [0.1, 0.15) is 11.4 Å². The number of pyridine rings is 1. The van der Waals surface area contributed by atoms with Gasteiger partial charge in [0.25, 0.3) is 0 Å². The van der Waals surface area contributed by atoms with Gasteiger partial charge in [0.2, 0.25) is 5.91 Å². The van der Waals surface area contributed by atoms with Gasteiger partial charge in [0, 0.05) is 10.7 Å². The van der Waals surface area contributed by atoms with Gasteiger partial charge >= 0.3 is 0 Å². The van der Waals surface area contributed by atoms with Crippen LogP contribution in [0.2, 0.25) is 5.02 Å². The van der Waals surface area contributed by atoms with Crippen molar-refractivity contribution >= 4 is 39.3 Å². The second-order valence-electron chi connectivity index (χ2n) is 4.05. The number of carbonyl (C=O) groups excluding carboxylic acids is 1. The first-order valence-electron chi connectivity index (χ1n) is 5.58. The van der Waals surface area contributed by atoms with Crippen LogP contribution < -0.4 is 5.32 Å². The Morgan fingerprint density at radius 3 is 2.74 bits per heavy atom. The molecule has 2 aromatic heterocycles. The third-order valence-corrected chi connectivity index (χ3v) is 3.60. The maximum absolute atomic E-state index is 11.9. The fourth-order valence-electron chi connectivity index (χ4n) is 1.60. The first-order chi connectivity index (χ1) is 8.97. The smallest absolute Gasteiger partial charge is 0.247 e. The molecule has 0 fully saturated rings. The molecule has 0 atom stereocenters. The van der Waals surface area contributed by atoms with Crippen LogP contribution in [0.25, 0.3) is 0 Å². The summed E-state index contributed by atoms with van der Waals surface area (Å²) in [6, 6.07) is 3.53. The Kier molecular flexibility index (Phi) is 4.21. The zero-order chi connectivity index (χ0) is 14.0. The van der Waals surface area contributed by atoms with Crippen molar-refractivity contribution in [2.45, 2.75) is 20.4 Å². The molecule has 19 heavy (non-hydrogen) atoms. The minimum atomic E-state index is -0.197. The Morgan fingerprint density at radius 1 is 1.47 bits per heavy atom. The molecule has 0 aliphatic heterocycles. The molecule has 0 radical (unpaired) electrons. The van der Waals surface area contributed by atoms with E-state index < -0.39 is 0 Å². The van der Waals surface area contributed by atoms with Crippen molar-refractivity contribution < 1.29 is 4.79 Å². The number of hydrogen-bond acceptors (Lipinski definition) is 3. The van der Waals surface area contributed by atoms with E-state index in [1.54, 1.807) is 23.9 Å². The van der Waals surface area contributed by atoms with Gasteiger partial charge in [0.1, 0.15) is 12.4 Å². The van der Waals surface area contributed by atoms with Crippen LogP contribution in [-0.4, -0.2) is 20.7 Å². The fourth-order valence-corrected chi connectivity index (χ4v) is 1.97. The summed E-state index contributed by atoms with van der Waals surface area (Å²) < 4.78 is 2.43. The Labute approximate surface area is 124 Å². The van der Waals surface area contributed by atoms with Gasteiger partial charge in [-0.3, -0.25) is 9.48 Å². The number of carbonyl (C=O) groups is 1. The SMILES string of the molecule is Cc1nn(CC(=O)Nc2ccc(Br)cn2)c(C)c1Cl. The van der Waals surface area contributed by atoms with Gasteiger partial charge in [-0.25, -0.2) is 4.98 Å². The molecule has 1 N–H and O–H groups in total. The van der Waals surface area contributed by atoms with Crippen LogP contribution in [0.4, 0.5) is 5.82 Å². The molecule has 2 rings (SSSR count). The highest BCUT2D eigenvalue weighted by Gasteiger charge is 2.12. The van der Waals surface area contributed by atoms with Crippen LogP contribution >= 0.6 is 27.5 Å². The van der Waals surface area contributed by atoms with Crippen LogP contribution in [-0.2, 0) is 11.3 Å². The molecule has 100 valence electrons. The summed E-state index contributed by atoms with van der Waals surface area (Å²) in [6.07, 6.45) is 1.62. The number of anilines is 1. The molecule has 0 aliphatic carbocycles. The van der Waals surface area contributed by atoms with Crippen LogP contribution in [0.15, 0.2) is 22.8 Å². The van der Waals surface area contributed by atoms with E-state index >= 15 is 0 Å². The summed E-state index contributed by atoms with van der Waals surface area (Å²) in [4.78, 5) is 15.9. The summed E-state index contributed by atoms with van der Waals surface area (Å²) in [5.41, 5.74) is 1.49. The van der Waals surface area contributed by atoms with Crippen molar-refractivity contribution in [3.05, 3.63) is 39.2 Å². The molecule has 2 aromatic rings. The van der Waals surface area contributed by atoms with E-state index in [9.17, 15) is 4.79 Å². The topological polar surface area (TPSA) is 59.8 Å². The van der Waals surface area contributed by atoms with Crippen molar-refractivity contribution in [2.24, 2.45) is 0 Å². The van der Waals surface area contributed by atoms with E-state index in [2.05, 4.69) is 31.3 Å². The first-order valence-corrected chi connectivity index (χ1v) is 6.75. The predicted octanol–water partition coefficient (Wildman–Crippen LogP) is 2.95. The fraction of sp³-hybridized carbons (Fsp3) is 0.250. The van der Waals surface area contributed by atoms with Crippen molar-refractivity contribution in [1.82, 2.24) is 14.8 Å². The van der Waals surface area contributed by atoms with E-state index in [-0.39, 0.29) is 12.5 Å². The number of nitrogens with one attached hydrogen (secondary N) is 1. The molecule has 7 heteroatoms. The Hall–Kier alpha value is -1.40. The lowest BCUT2D eigenvalue weighted by molar-refractivity contribution is -0.117. The van der Waals surface area contributed by atoms with Crippen molar-refractivity contribution in [3.8, 4) is 0 Å². The minimum absolute atomic E-state index is 0.108. The van der Waals surface area contributed by atoms with Gasteiger partial charge in [0.15, 0.2) is 0 Å². The highest BCUT2D eigenvalue weighted by molar-refractivity contribution is 9.10. The molecule has 1 amide bonds. The van der Waals surface area contributed by atoms with Crippen LogP contribution in [0.5, 0.6) is 0 Å². The normalized spacial score (nSPS) is 10.5. The lowest BCUT2D eigenvalue weighted by Gasteiger charge is -2.06. The Balaban J connectivity index is 2.05. The quantitative estimate of drug-likeness (QED) is 0.932. The molecule has 5 nitrogen and oxygen atoms in total. The van der Waals surface area contributed by atoms with Crippen molar-refractivity contribution in [2.75, 3.05) is 5.32 Å². The number of aryl methyl sites for hydroxylation is 1. The second kappa shape index (κ2) is 5.71. The molecule has 0 spiro atoms. The average Bonchev–Trinajstić information content (AvgIpc) is 2.60. The molecule has 0 unspecified atom stereocenters. The molecular formula is C12H12BrClN4O. The highest BCUT2D eigenvalue weighted by atomic mass is 79.9. The maximum Gasteiger partial charge on any atom is 0.247 e. The maximum atomic E-state index is 11.9.